The second-order valence-electron chi connectivity index (χ2n) is 3.78. The Kier molecular flexibility index (Phi) is 5.61. The van der Waals surface area contributed by atoms with Gasteiger partial charge >= 0.3 is 0 Å². The van der Waals surface area contributed by atoms with Crippen molar-refractivity contribution >= 4 is 29.8 Å². The third-order valence-corrected chi connectivity index (χ3v) is 2.74. The number of carbonyl (C=O) groups is 2. The molecule has 0 atom stereocenters. The number of hydrogen-bond acceptors (Lipinski definition) is 5. The summed E-state index contributed by atoms with van der Waals surface area (Å²) in [5.41, 5.74) is 0.0172. The number of rotatable bonds is 2. The first-order chi connectivity index (χ1) is 9.90. The molecule has 10 heteroatoms. The van der Waals surface area contributed by atoms with Gasteiger partial charge < -0.3 is 15.4 Å². The number of amides is 1. The molecule has 0 bridgehead atoms. The number of anilines is 1. The Morgan fingerprint density at radius 3 is 2.57 bits per heavy atom. The molecule has 0 saturated carbocycles. The normalized spacial score (nSPS) is 9.48. The van der Waals surface area contributed by atoms with Crippen LogP contribution in [-0.2, 0) is 4.79 Å². The van der Waals surface area contributed by atoms with Crippen LogP contribution in [0, 0.1) is 13.8 Å². The maximum Gasteiger partial charge on any atom is 0.290 e. The molecule has 2 heterocycles. The second kappa shape index (κ2) is 7.20. The van der Waals surface area contributed by atoms with Crippen molar-refractivity contribution in [3.8, 4) is 0 Å². The zero-order valence-corrected chi connectivity index (χ0v) is 11.9. The van der Waals surface area contributed by atoms with Gasteiger partial charge in [0.2, 0.25) is 0 Å². The van der Waals surface area contributed by atoms with Crippen LogP contribution in [-0.4, -0.2) is 37.7 Å². The van der Waals surface area contributed by atoms with Gasteiger partial charge in [0, 0.05) is 6.20 Å². The molecular weight excluding hydrogens is 302 g/mol. The van der Waals surface area contributed by atoms with Crippen molar-refractivity contribution in [1.82, 2.24) is 20.2 Å². The molecule has 2 aromatic rings. The average Bonchev–Trinajstić information content (AvgIpc) is 2.71. The Bertz CT molecular complexity index is 709. The maximum absolute atomic E-state index is 11.8. The van der Waals surface area contributed by atoms with E-state index in [1.54, 1.807) is 13.8 Å². The molecule has 0 aromatic carbocycles. The molecule has 2 rings (SSSR count). The molecule has 0 aliphatic carbocycles. The summed E-state index contributed by atoms with van der Waals surface area (Å²) >= 11 is 5.90. The third kappa shape index (κ3) is 4.14. The van der Waals surface area contributed by atoms with Crippen LogP contribution in [0.4, 0.5) is 5.82 Å². The first-order valence-electron chi connectivity index (χ1n) is 5.56. The number of aryl methyl sites for hydroxylation is 2. The summed E-state index contributed by atoms with van der Waals surface area (Å²) in [5.74, 6) is 0.00138. The van der Waals surface area contributed by atoms with Gasteiger partial charge in [-0.15, -0.1) is 0 Å². The van der Waals surface area contributed by atoms with Crippen molar-refractivity contribution in [3.63, 3.8) is 0 Å². The number of hydrogen-bond donors (Lipinski definition) is 4. The average molecular weight is 314 g/mol. The summed E-state index contributed by atoms with van der Waals surface area (Å²) in [7, 11) is 0. The zero-order valence-electron chi connectivity index (χ0n) is 11.1. The van der Waals surface area contributed by atoms with E-state index in [1.165, 1.54) is 6.20 Å². The van der Waals surface area contributed by atoms with E-state index in [2.05, 4.69) is 25.5 Å². The quantitative estimate of drug-likeness (QED) is 0.602. The van der Waals surface area contributed by atoms with Crippen molar-refractivity contribution in [2.24, 2.45) is 0 Å². The molecule has 9 nitrogen and oxygen atoms in total. The molecule has 0 saturated heterocycles. The first-order valence-corrected chi connectivity index (χ1v) is 5.94. The smallest absolute Gasteiger partial charge is 0.290 e. The molecule has 4 N–H and O–H groups in total. The maximum atomic E-state index is 11.8. The fourth-order valence-electron chi connectivity index (χ4n) is 1.32. The van der Waals surface area contributed by atoms with Crippen molar-refractivity contribution in [2.75, 3.05) is 5.32 Å². The topological polar surface area (TPSA) is 141 Å². The summed E-state index contributed by atoms with van der Waals surface area (Å²) < 4.78 is 0. The highest BCUT2D eigenvalue weighted by atomic mass is 35.5. The number of nitrogens with one attached hydrogen (secondary N) is 3. The predicted octanol–water partition coefficient (Wildman–Crippen LogP) is 0.716. The van der Waals surface area contributed by atoms with Gasteiger partial charge in [-0.25, -0.2) is 4.98 Å². The number of aromatic nitrogens is 4. The van der Waals surface area contributed by atoms with E-state index in [4.69, 9.17) is 21.5 Å². The summed E-state index contributed by atoms with van der Waals surface area (Å²) in [5, 5.41) is 16.1. The summed E-state index contributed by atoms with van der Waals surface area (Å²) in [6, 6.07) is 0. The van der Waals surface area contributed by atoms with Crippen LogP contribution in [0.25, 0.3) is 0 Å². The van der Waals surface area contributed by atoms with Gasteiger partial charge in [0.15, 0.2) is 5.82 Å². The van der Waals surface area contributed by atoms with Crippen LogP contribution in [0.3, 0.4) is 0 Å². The number of H-pyrrole nitrogens is 2. The standard InChI is InChI=1S/C10H10ClN5O2.CH2O2/c1-4-7(11)8(16-15-4)14-10(18)6-3-12-5(2)13-9(6)17;2-1-3/h3H,1-2H3,(H,12,13,17)(H2,14,15,16,18);1H,(H,2,3). The lowest BCUT2D eigenvalue weighted by molar-refractivity contribution is -0.122. The van der Waals surface area contributed by atoms with Crippen LogP contribution in [0.5, 0.6) is 0 Å². The van der Waals surface area contributed by atoms with E-state index in [-0.39, 0.29) is 17.9 Å². The van der Waals surface area contributed by atoms with Gasteiger partial charge in [-0.2, -0.15) is 5.10 Å². The van der Waals surface area contributed by atoms with Gasteiger partial charge in [0.1, 0.15) is 16.4 Å². The molecule has 0 radical (unpaired) electrons. The molecule has 21 heavy (non-hydrogen) atoms. The summed E-state index contributed by atoms with van der Waals surface area (Å²) in [4.78, 5) is 38.0. The van der Waals surface area contributed by atoms with E-state index in [9.17, 15) is 9.59 Å². The minimum Gasteiger partial charge on any atom is -0.483 e. The van der Waals surface area contributed by atoms with Crippen molar-refractivity contribution < 1.29 is 14.7 Å². The van der Waals surface area contributed by atoms with Crippen molar-refractivity contribution in [1.29, 1.82) is 0 Å². The molecule has 0 aliphatic heterocycles. The van der Waals surface area contributed by atoms with Gasteiger partial charge in [-0.1, -0.05) is 11.6 Å². The molecule has 0 aliphatic rings. The first kappa shape index (κ1) is 16.4. The van der Waals surface area contributed by atoms with Crippen molar-refractivity contribution in [2.45, 2.75) is 13.8 Å². The number of nitrogens with zero attached hydrogens (tertiary/aromatic N) is 2. The minimum absolute atomic E-state index is 0.0997. The van der Waals surface area contributed by atoms with Crippen LogP contribution in [0.1, 0.15) is 21.9 Å². The van der Waals surface area contributed by atoms with Crippen LogP contribution in [0.2, 0.25) is 5.02 Å². The molecule has 0 unspecified atom stereocenters. The Hall–Kier alpha value is -2.68. The molecule has 0 fully saturated rings. The van der Waals surface area contributed by atoms with Gasteiger partial charge in [-0.05, 0) is 13.8 Å². The predicted molar refractivity (Wildman–Crippen MR) is 74.6 cm³/mol. The van der Waals surface area contributed by atoms with Crippen LogP contribution < -0.4 is 10.9 Å². The van der Waals surface area contributed by atoms with Gasteiger partial charge in [0.25, 0.3) is 17.9 Å². The SMILES string of the molecule is Cc1ncc(C(=O)Nc2n[nH]c(C)c2Cl)c(=O)[nH]1.O=CO. The van der Waals surface area contributed by atoms with Crippen LogP contribution >= 0.6 is 11.6 Å². The Labute approximate surface area is 123 Å². The monoisotopic (exact) mass is 313 g/mol. The van der Waals surface area contributed by atoms with E-state index in [0.29, 0.717) is 16.5 Å². The lowest BCUT2D eigenvalue weighted by atomic mass is 10.3. The lowest BCUT2D eigenvalue weighted by Gasteiger charge is -2.01. The number of carbonyl (C=O) groups excluding carboxylic acids is 1. The van der Waals surface area contributed by atoms with E-state index in [0.717, 1.165) is 0 Å². The number of halogens is 1. The fourth-order valence-corrected chi connectivity index (χ4v) is 1.45. The van der Waals surface area contributed by atoms with Gasteiger partial charge in [-0.3, -0.25) is 19.5 Å². The largest absolute Gasteiger partial charge is 0.483 e. The van der Waals surface area contributed by atoms with E-state index in [1.807, 2.05) is 0 Å². The minimum atomic E-state index is -0.614. The summed E-state index contributed by atoms with van der Waals surface area (Å²) in [6.07, 6.45) is 1.21. The highest BCUT2D eigenvalue weighted by Crippen LogP contribution is 2.21. The Balaban J connectivity index is 0.000000677. The lowest BCUT2D eigenvalue weighted by Crippen LogP contribution is -2.24. The summed E-state index contributed by atoms with van der Waals surface area (Å²) in [6.45, 7) is 3.09. The van der Waals surface area contributed by atoms with Crippen molar-refractivity contribution in [3.05, 3.63) is 38.7 Å². The molecule has 0 spiro atoms. The highest BCUT2D eigenvalue weighted by Gasteiger charge is 2.15. The Morgan fingerprint density at radius 1 is 1.48 bits per heavy atom. The number of carboxylic acid groups (broad SMARTS) is 1. The molecular formula is C11H12ClN5O4. The third-order valence-electron chi connectivity index (χ3n) is 2.28. The second-order valence-corrected chi connectivity index (χ2v) is 4.16. The molecule has 112 valence electrons. The Morgan fingerprint density at radius 2 is 2.10 bits per heavy atom. The van der Waals surface area contributed by atoms with Crippen LogP contribution in [0.15, 0.2) is 11.0 Å². The zero-order chi connectivity index (χ0) is 16.0. The fraction of sp³-hybridized carbons (Fsp3) is 0.182. The highest BCUT2D eigenvalue weighted by molar-refractivity contribution is 6.34. The molecule has 1 amide bonds. The van der Waals surface area contributed by atoms with E-state index >= 15 is 0 Å². The number of aromatic amines is 2. The molecule has 2 aromatic heterocycles. The van der Waals surface area contributed by atoms with Gasteiger partial charge in [0.05, 0.1) is 5.69 Å². The van der Waals surface area contributed by atoms with E-state index < -0.39 is 11.5 Å².